The molecular weight excluding hydrogens is 278 g/mol. The summed E-state index contributed by atoms with van der Waals surface area (Å²) in [6, 6.07) is 11.0. The zero-order chi connectivity index (χ0) is 8.49. The van der Waals surface area contributed by atoms with E-state index in [-0.39, 0.29) is 41.3 Å². The molecule has 2 nitrogen and oxygen atoms in total. The first-order chi connectivity index (χ1) is 6.00. The monoisotopic (exact) mass is 284 g/mol. The van der Waals surface area contributed by atoms with Crippen molar-refractivity contribution < 1.29 is 41.3 Å². The summed E-state index contributed by atoms with van der Waals surface area (Å²) >= 11 is 0. The van der Waals surface area contributed by atoms with E-state index < -0.39 is 0 Å². The average molecular weight is 286 g/mol. The molecule has 2 aromatic rings. The minimum absolute atomic E-state index is 0. The SMILES string of the molecule is [Cl-].[Cl-].[Ni+2].[c-]1ccccn1.[c-]1ccccn1. The van der Waals surface area contributed by atoms with Crippen LogP contribution in [0.4, 0.5) is 0 Å². The van der Waals surface area contributed by atoms with Gasteiger partial charge in [-0.05, 0) is 0 Å². The van der Waals surface area contributed by atoms with E-state index in [9.17, 15) is 0 Å². The minimum Gasteiger partial charge on any atom is -1.00 e. The molecule has 0 aromatic carbocycles. The van der Waals surface area contributed by atoms with Crippen molar-refractivity contribution in [1.82, 2.24) is 9.97 Å². The van der Waals surface area contributed by atoms with E-state index in [1.165, 1.54) is 0 Å². The van der Waals surface area contributed by atoms with Gasteiger partial charge >= 0.3 is 16.5 Å². The standard InChI is InChI=1S/2C5H4N.2ClH.Ni/c2*1-2-4-6-5-3-1;;;/h2*1-4H;2*1H;/q2*-1;;;+2/p-2. The van der Waals surface area contributed by atoms with Crippen molar-refractivity contribution in [3.05, 3.63) is 61.2 Å². The first-order valence-corrected chi connectivity index (χ1v) is 3.54. The molecule has 0 spiro atoms. The molecule has 15 heavy (non-hydrogen) atoms. The molecule has 0 radical (unpaired) electrons. The second kappa shape index (κ2) is 15.8. The number of aromatic nitrogens is 2. The minimum atomic E-state index is 0. The summed E-state index contributed by atoms with van der Waals surface area (Å²) in [6.45, 7) is 0. The molecule has 0 atom stereocenters. The number of nitrogens with zero attached hydrogens (tertiary/aromatic N) is 2. The second-order valence-electron chi connectivity index (χ2n) is 1.92. The first kappa shape index (κ1) is 19.9. The van der Waals surface area contributed by atoms with Gasteiger partial charge in [0.2, 0.25) is 0 Å². The van der Waals surface area contributed by atoms with Crippen LogP contribution in [-0.4, -0.2) is 9.97 Å². The summed E-state index contributed by atoms with van der Waals surface area (Å²) < 4.78 is 0. The molecule has 0 unspecified atom stereocenters. The number of rotatable bonds is 0. The normalized spacial score (nSPS) is 6.40. The predicted molar refractivity (Wildman–Crippen MR) is 46.1 cm³/mol. The van der Waals surface area contributed by atoms with E-state index in [1.54, 1.807) is 24.5 Å². The zero-order valence-electron chi connectivity index (χ0n) is 7.59. The third-order valence-corrected chi connectivity index (χ3v) is 1.03. The maximum absolute atomic E-state index is 3.66. The summed E-state index contributed by atoms with van der Waals surface area (Å²) in [5.41, 5.74) is 0. The van der Waals surface area contributed by atoms with Gasteiger partial charge in [0.05, 0.1) is 0 Å². The van der Waals surface area contributed by atoms with Crippen molar-refractivity contribution in [3.8, 4) is 0 Å². The van der Waals surface area contributed by atoms with Gasteiger partial charge in [-0.3, -0.25) is 0 Å². The van der Waals surface area contributed by atoms with Crippen LogP contribution in [0.3, 0.4) is 0 Å². The Balaban J connectivity index is -0.000000160. The Morgan fingerprint density at radius 1 is 0.667 bits per heavy atom. The molecular formula is C10H8Cl2N2Ni-2. The van der Waals surface area contributed by atoms with Gasteiger partial charge in [0.1, 0.15) is 0 Å². The topological polar surface area (TPSA) is 25.8 Å². The van der Waals surface area contributed by atoms with Gasteiger partial charge in [-0.15, -0.1) is 0 Å². The van der Waals surface area contributed by atoms with Crippen LogP contribution in [0.15, 0.2) is 48.8 Å². The van der Waals surface area contributed by atoms with E-state index in [1.807, 2.05) is 24.3 Å². The molecule has 0 N–H and O–H groups in total. The first-order valence-electron chi connectivity index (χ1n) is 3.54. The van der Waals surface area contributed by atoms with Crippen molar-refractivity contribution in [1.29, 1.82) is 0 Å². The molecule has 0 aliphatic carbocycles. The largest absolute Gasteiger partial charge is 2.00 e. The Bertz CT molecular complexity index is 197. The van der Waals surface area contributed by atoms with E-state index in [0.717, 1.165) is 0 Å². The van der Waals surface area contributed by atoms with Crippen LogP contribution in [0.1, 0.15) is 0 Å². The fourth-order valence-electron chi connectivity index (χ4n) is 0.555. The molecule has 2 heterocycles. The van der Waals surface area contributed by atoms with Crippen LogP contribution in [0.25, 0.3) is 0 Å². The quantitative estimate of drug-likeness (QED) is 0.362. The van der Waals surface area contributed by atoms with E-state index in [0.29, 0.717) is 0 Å². The smallest absolute Gasteiger partial charge is 1.00 e. The Morgan fingerprint density at radius 2 is 1.07 bits per heavy atom. The molecule has 0 aliphatic heterocycles. The molecule has 2 aromatic heterocycles. The maximum atomic E-state index is 3.66. The molecule has 0 amide bonds. The zero-order valence-corrected chi connectivity index (χ0v) is 10.1. The van der Waals surface area contributed by atoms with Gasteiger partial charge in [0.15, 0.2) is 0 Å². The van der Waals surface area contributed by atoms with Crippen LogP contribution in [0.5, 0.6) is 0 Å². The van der Waals surface area contributed by atoms with Crippen LogP contribution in [0, 0.1) is 12.4 Å². The van der Waals surface area contributed by atoms with Crippen LogP contribution in [0.2, 0.25) is 0 Å². The van der Waals surface area contributed by atoms with Crippen molar-refractivity contribution in [2.24, 2.45) is 0 Å². The molecule has 5 heteroatoms. The van der Waals surface area contributed by atoms with Gasteiger partial charge in [0.25, 0.3) is 0 Å². The van der Waals surface area contributed by atoms with Gasteiger partial charge in [-0.2, -0.15) is 36.4 Å². The van der Waals surface area contributed by atoms with E-state index in [4.69, 9.17) is 0 Å². The summed E-state index contributed by atoms with van der Waals surface area (Å²) in [6.07, 6.45) is 8.67. The van der Waals surface area contributed by atoms with Gasteiger partial charge in [0, 0.05) is 0 Å². The Hall–Kier alpha value is -0.626. The van der Waals surface area contributed by atoms with Crippen molar-refractivity contribution in [2.45, 2.75) is 0 Å². The van der Waals surface area contributed by atoms with Crippen molar-refractivity contribution in [2.75, 3.05) is 0 Å². The second-order valence-corrected chi connectivity index (χ2v) is 1.92. The Kier molecular flexibility index (Phi) is 21.0. The van der Waals surface area contributed by atoms with Gasteiger partial charge in [-0.1, -0.05) is 24.8 Å². The molecule has 0 saturated carbocycles. The van der Waals surface area contributed by atoms with Crippen LogP contribution >= 0.6 is 0 Å². The summed E-state index contributed by atoms with van der Waals surface area (Å²) in [5.74, 6) is 0. The number of hydrogen-bond acceptors (Lipinski definition) is 2. The summed E-state index contributed by atoms with van der Waals surface area (Å²) in [5, 5.41) is 0. The van der Waals surface area contributed by atoms with E-state index in [2.05, 4.69) is 22.4 Å². The summed E-state index contributed by atoms with van der Waals surface area (Å²) in [4.78, 5) is 7.32. The maximum Gasteiger partial charge on any atom is 2.00 e. The molecule has 0 bridgehead atoms. The average Bonchev–Trinajstić information content (AvgIpc) is 2.24. The predicted octanol–water partition coefficient (Wildman–Crippen LogP) is -4.23. The molecule has 0 saturated heterocycles. The van der Waals surface area contributed by atoms with Gasteiger partial charge < -0.3 is 34.8 Å². The number of halogens is 2. The molecule has 2 rings (SSSR count). The molecule has 0 aliphatic rings. The number of hydrogen-bond donors (Lipinski definition) is 0. The molecule has 0 fully saturated rings. The van der Waals surface area contributed by atoms with Crippen molar-refractivity contribution in [3.63, 3.8) is 0 Å². The van der Waals surface area contributed by atoms with Crippen LogP contribution in [-0.2, 0) is 16.5 Å². The van der Waals surface area contributed by atoms with E-state index >= 15 is 0 Å². The summed E-state index contributed by atoms with van der Waals surface area (Å²) in [7, 11) is 0. The third-order valence-electron chi connectivity index (χ3n) is 1.03. The molecule has 84 valence electrons. The van der Waals surface area contributed by atoms with Crippen LogP contribution < -0.4 is 24.8 Å². The third kappa shape index (κ3) is 13.4. The fourth-order valence-corrected chi connectivity index (χ4v) is 0.555. The fraction of sp³-hybridized carbons (Fsp3) is 0. The van der Waals surface area contributed by atoms with Gasteiger partial charge in [-0.25, -0.2) is 0 Å². The van der Waals surface area contributed by atoms with Crippen molar-refractivity contribution >= 4 is 0 Å². The Labute approximate surface area is 112 Å². The number of pyridine rings is 2. The Morgan fingerprint density at radius 3 is 1.13 bits per heavy atom.